The van der Waals surface area contributed by atoms with Crippen molar-refractivity contribution in [3.8, 4) is 0 Å². The molecule has 1 heterocycles. The molecule has 9 atom stereocenters. The Hall–Kier alpha value is -1.67. The van der Waals surface area contributed by atoms with E-state index in [2.05, 4.69) is 55.6 Å². The minimum atomic E-state index is -1.67. The zero-order valence-corrected chi connectivity index (χ0v) is 50.0. The molecule has 0 aromatic rings. The molecule has 77 heavy (non-hydrogen) atoms. The van der Waals surface area contributed by atoms with Crippen molar-refractivity contribution >= 4 is 5.91 Å². The number of ether oxygens (including phenoxy) is 2. The Morgan fingerprint density at radius 2 is 0.805 bits per heavy atom. The van der Waals surface area contributed by atoms with Gasteiger partial charge in [0.25, 0.3) is 0 Å². The molecule has 11 heteroatoms. The van der Waals surface area contributed by atoms with Crippen LogP contribution in [-0.4, -0.2) is 110 Å². The molecule has 454 valence electrons. The molecule has 1 aliphatic rings. The summed E-state index contributed by atoms with van der Waals surface area (Å²) in [5.74, 6) is -0.705. The molecule has 0 saturated carbocycles. The maximum Gasteiger partial charge on any atom is 0.249 e. The van der Waals surface area contributed by atoms with E-state index in [0.29, 0.717) is 12.8 Å². The van der Waals surface area contributed by atoms with Gasteiger partial charge in [-0.3, -0.25) is 4.79 Å². The van der Waals surface area contributed by atoms with Gasteiger partial charge in [-0.1, -0.05) is 275 Å². The first-order chi connectivity index (χ1) is 37.7. The molecule has 1 aliphatic heterocycles. The van der Waals surface area contributed by atoms with Crippen LogP contribution in [0.25, 0.3) is 0 Å². The van der Waals surface area contributed by atoms with Gasteiger partial charge in [0.05, 0.1) is 25.4 Å². The standard InChI is InChI=1S/C66H125NO10/c1-3-5-7-9-11-13-15-17-19-21-23-25-27-29-30-32-34-36-38-40-42-44-46-48-50-52-54-59(70)65(75)67-57(56-76-66-64(74)63(73)62(72)60(55-68)77-66)61(71)58(69)53-51-49-47-45-43-41-39-37-35-33-31-28-26-24-22-20-18-16-14-12-10-8-6-4-2/h23,25,29-30,45,47,57-64,66,68-74H,3-22,24,26-28,31-44,46,48-56H2,1-2H3,(H,67,75)/b25-23-,30-29-,47-45+. The van der Waals surface area contributed by atoms with E-state index < -0.39 is 74.2 Å². The molecule has 0 bridgehead atoms. The number of amides is 1. The molecule has 1 rings (SSSR count). The summed E-state index contributed by atoms with van der Waals surface area (Å²) in [6.07, 6.45) is 57.8. The predicted molar refractivity (Wildman–Crippen MR) is 321 cm³/mol. The highest BCUT2D eigenvalue weighted by Gasteiger charge is 2.44. The maximum atomic E-state index is 13.2. The Morgan fingerprint density at radius 1 is 0.455 bits per heavy atom. The van der Waals surface area contributed by atoms with Crippen LogP contribution in [0, 0.1) is 0 Å². The Balaban J connectivity index is 2.27. The summed E-state index contributed by atoms with van der Waals surface area (Å²) in [6, 6.07) is -1.19. The second-order valence-electron chi connectivity index (χ2n) is 23.2. The maximum absolute atomic E-state index is 13.2. The fourth-order valence-electron chi connectivity index (χ4n) is 10.6. The van der Waals surface area contributed by atoms with Crippen molar-refractivity contribution in [3.05, 3.63) is 36.5 Å². The number of rotatable bonds is 57. The summed E-state index contributed by atoms with van der Waals surface area (Å²) in [4.78, 5) is 13.2. The minimum Gasteiger partial charge on any atom is -0.394 e. The highest BCUT2D eigenvalue weighted by atomic mass is 16.7. The predicted octanol–water partition coefficient (Wildman–Crippen LogP) is 15.0. The Kier molecular flexibility index (Phi) is 52.3. The normalized spacial score (nSPS) is 19.7. The molecule has 9 unspecified atom stereocenters. The SMILES string of the molecule is CCCCCCCCCCC/C=C\C/C=C\CCCCCCCCCCCCC(O)C(=O)NC(COC1OC(CO)C(O)C(O)C1O)C(O)C(O)CCC/C=C/CCCCCCCCCCCCCCCCCCCCC. The van der Waals surface area contributed by atoms with Crippen molar-refractivity contribution in [1.82, 2.24) is 5.32 Å². The van der Waals surface area contributed by atoms with Crippen molar-refractivity contribution in [1.29, 1.82) is 0 Å². The molecule has 0 aromatic heterocycles. The molecule has 1 amide bonds. The monoisotopic (exact) mass is 1090 g/mol. The van der Waals surface area contributed by atoms with Crippen LogP contribution < -0.4 is 5.32 Å². The molecule has 8 N–H and O–H groups in total. The summed E-state index contributed by atoms with van der Waals surface area (Å²) in [6.45, 7) is 3.48. The second kappa shape index (κ2) is 54.9. The third-order valence-corrected chi connectivity index (χ3v) is 15.9. The number of allylic oxidation sites excluding steroid dienone is 6. The van der Waals surface area contributed by atoms with Crippen molar-refractivity contribution in [3.63, 3.8) is 0 Å². The van der Waals surface area contributed by atoms with Crippen molar-refractivity contribution < 1.29 is 50.0 Å². The van der Waals surface area contributed by atoms with Gasteiger partial charge in [-0.15, -0.1) is 0 Å². The fourth-order valence-corrected chi connectivity index (χ4v) is 10.6. The van der Waals surface area contributed by atoms with Gasteiger partial charge in [0.1, 0.15) is 36.6 Å². The van der Waals surface area contributed by atoms with E-state index in [4.69, 9.17) is 9.47 Å². The lowest BCUT2D eigenvalue weighted by molar-refractivity contribution is -0.303. The summed E-state index contributed by atoms with van der Waals surface area (Å²) in [5, 5.41) is 76.4. The van der Waals surface area contributed by atoms with Gasteiger partial charge < -0.3 is 50.5 Å². The van der Waals surface area contributed by atoms with E-state index in [9.17, 15) is 40.5 Å². The number of unbranched alkanes of at least 4 members (excludes halogenated alkanes) is 39. The number of aliphatic hydroxyl groups excluding tert-OH is 7. The van der Waals surface area contributed by atoms with Gasteiger partial charge in [0, 0.05) is 0 Å². The van der Waals surface area contributed by atoms with Crippen LogP contribution in [-0.2, 0) is 14.3 Å². The van der Waals surface area contributed by atoms with Gasteiger partial charge in [0.15, 0.2) is 6.29 Å². The van der Waals surface area contributed by atoms with E-state index >= 15 is 0 Å². The third-order valence-electron chi connectivity index (χ3n) is 15.9. The quantitative estimate of drug-likeness (QED) is 0.0215. The van der Waals surface area contributed by atoms with Crippen molar-refractivity contribution in [2.24, 2.45) is 0 Å². The van der Waals surface area contributed by atoms with Crippen LogP contribution in [0.3, 0.4) is 0 Å². The molecule has 1 saturated heterocycles. The zero-order chi connectivity index (χ0) is 56.1. The first kappa shape index (κ1) is 73.3. The first-order valence-electron chi connectivity index (χ1n) is 32.9. The Morgan fingerprint density at radius 3 is 1.19 bits per heavy atom. The molecule has 11 nitrogen and oxygen atoms in total. The lowest BCUT2D eigenvalue weighted by atomic mass is 9.98. The van der Waals surface area contributed by atoms with Crippen LogP contribution in [0.1, 0.15) is 309 Å². The van der Waals surface area contributed by atoms with E-state index in [-0.39, 0.29) is 12.8 Å². The summed E-state index contributed by atoms with van der Waals surface area (Å²) in [5.41, 5.74) is 0. The zero-order valence-electron chi connectivity index (χ0n) is 50.0. The average molecular weight is 1090 g/mol. The molecular weight excluding hydrogens is 967 g/mol. The van der Waals surface area contributed by atoms with Gasteiger partial charge in [-0.2, -0.15) is 0 Å². The van der Waals surface area contributed by atoms with Gasteiger partial charge >= 0.3 is 0 Å². The number of carbonyl (C=O) groups is 1. The largest absolute Gasteiger partial charge is 0.394 e. The third kappa shape index (κ3) is 42.8. The van der Waals surface area contributed by atoms with Gasteiger partial charge in [-0.05, 0) is 70.6 Å². The van der Waals surface area contributed by atoms with Crippen LogP contribution in [0.15, 0.2) is 36.5 Å². The Labute approximate surface area is 473 Å². The van der Waals surface area contributed by atoms with Crippen LogP contribution in [0.5, 0.6) is 0 Å². The van der Waals surface area contributed by atoms with Crippen molar-refractivity contribution in [2.45, 2.75) is 364 Å². The van der Waals surface area contributed by atoms with E-state index in [1.54, 1.807) is 0 Å². The molecule has 0 radical (unpaired) electrons. The number of carbonyl (C=O) groups excluding carboxylic acids is 1. The lowest BCUT2D eigenvalue weighted by Gasteiger charge is -2.40. The topological polar surface area (TPSA) is 189 Å². The minimum absolute atomic E-state index is 0.251. The average Bonchev–Trinajstić information content (AvgIpc) is 3.43. The lowest BCUT2D eigenvalue weighted by Crippen LogP contribution is -2.60. The number of aliphatic hydroxyl groups is 7. The molecule has 0 aliphatic carbocycles. The number of hydrogen-bond acceptors (Lipinski definition) is 10. The van der Waals surface area contributed by atoms with Gasteiger partial charge in [-0.25, -0.2) is 0 Å². The summed E-state index contributed by atoms with van der Waals surface area (Å²) >= 11 is 0. The number of nitrogens with one attached hydrogen (secondary N) is 1. The van der Waals surface area contributed by atoms with Gasteiger partial charge in [0.2, 0.25) is 5.91 Å². The van der Waals surface area contributed by atoms with E-state index in [0.717, 1.165) is 51.4 Å². The fraction of sp³-hybridized carbons (Fsp3) is 0.894. The molecular formula is C66H125NO10. The summed E-state index contributed by atoms with van der Waals surface area (Å²) < 4.78 is 11.2. The van der Waals surface area contributed by atoms with Crippen molar-refractivity contribution in [2.75, 3.05) is 13.2 Å². The molecule has 1 fully saturated rings. The first-order valence-corrected chi connectivity index (χ1v) is 32.9. The second-order valence-corrected chi connectivity index (χ2v) is 23.2. The molecule has 0 aromatic carbocycles. The van der Waals surface area contributed by atoms with Crippen LogP contribution in [0.2, 0.25) is 0 Å². The Bertz CT molecular complexity index is 1350. The summed E-state index contributed by atoms with van der Waals surface area (Å²) in [7, 11) is 0. The highest BCUT2D eigenvalue weighted by molar-refractivity contribution is 5.80. The van der Waals surface area contributed by atoms with Crippen LogP contribution >= 0.6 is 0 Å². The van der Waals surface area contributed by atoms with E-state index in [1.165, 1.54) is 218 Å². The smallest absolute Gasteiger partial charge is 0.249 e. The highest BCUT2D eigenvalue weighted by Crippen LogP contribution is 2.24. The molecule has 0 spiro atoms. The van der Waals surface area contributed by atoms with E-state index in [1.807, 2.05) is 0 Å². The number of hydrogen-bond donors (Lipinski definition) is 8. The van der Waals surface area contributed by atoms with Crippen LogP contribution in [0.4, 0.5) is 0 Å².